The van der Waals surface area contributed by atoms with Crippen molar-refractivity contribution in [3.05, 3.63) is 0 Å². The van der Waals surface area contributed by atoms with Crippen molar-refractivity contribution in [1.29, 1.82) is 0 Å². The van der Waals surface area contributed by atoms with Crippen LogP contribution in [0, 0.1) is 5.92 Å². The van der Waals surface area contributed by atoms with Crippen LogP contribution in [-0.2, 0) is 9.53 Å². The predicted molar refractivity (Wildman–Crippen MR) is 59.6 cm³/mol. The molecule has 4 heteroatoms. The zero-order valence-corrected chi connectivity index (χ0v) is 9.79. The maximum absolute atomic E-state index is 11.3. The molecule has 0 saturated carbocycles. The van der Waals surface area contributed by atoms with E-state index in [4.69, 9.17) is 9.84 Å². The molecule has 0 aromatic carbocycles. The van der Waals surface area contributed by atoms with Gasteiger partial charge in [-0.3, -0.25) is 4.79 Å². The van der Waals surface area contributed by atoms with Gasteiger partial charge in [0, 0.05) is 26.7 Å². The molecule has 4 nitrogen and oxygen atoms in total. The van der Waals surface area contributed by atoms with E-state index in [-0.39, 0.29) is 12.5 Å². The van der Waals surface area contributed by atoms with Gasteiger partial charge in [0.25, 0.3) is 0 Å². The summed E-state index contributed by atoms with van der Waals surface area (Å²) in [6, 6.07) is 0. The Bertz CT molecular complexity index is 156. The number of aliphatic hydroxyl groups is 1. The number of ether oxygens (including phenoxy) is 1. The number of rotatable bonds is 9. The molecule has 0 bridgehead atoms. The first kappa shape index (κ1) is 14.4. The Balaban J connectivity index is 3.62. The number of carbonyl (C=O) groups is 1. The van der Waals surface area contributed by atoms with Gasteiger partial charge < -0.3 is 15.2 Å². The standard InChI is InChI=1S/C11H23NO3/c1-3-4-10(5-7-13)9-12-11(14)6-8-15-2/h10,13H,3-9H2,1-2H3,(H,12,14). The molecule has 15 heavy (non-hydrogen) atoms. The Kier molecular flexibility index (Phi) is 9.52. The molecule has 1 unspecified atom stereocenters. The molecule has 0 heterocycles. The summed E-state index contributed by atoms with van der Waals surface area (Å²) in [5.41, 5.74) is 0. The molecular weight excluding hydrogens is 194 g/mol. The van der Waals surface area contributed by atoms with Crippen molar-refractivity contribution in [2.75, 3.05) is 26.9 Å². The fourth-order valence-corrected chi connectivity index (χ4v) is 1.48. The summed E-state index contributed by atoms with van der Waals surface area (Å²) in [6.07, 6.45) is 3.30. The number of methoxy groups -OCH3 is 1. The molecule has 2 N–H and O–H groups in total. The van der Waals surface area contributed by atoms with Crippen LogP contribution >= 0.6 is 0 Å². The van der Waals surface area contributed by atoms with Crippen LogP contribution in [-0.4, -0.2) is 37.9 Å². The number of aliphatic hydroxyl groups excluding tert-OH is 1. The van der Waals surface area contributed by atoms with Crippen molar-refractivity contribution >= 4 is 5.91 Å². The molecule has 1 amide bonds. The molecule has 0 aromatic rings. The van der Waals surface area contributed by atoms with E-state index < -0.39 is 0 Å². The minimum absolute atomic E-state index is 0.0240. The first-order chi connectivity index (χ1) is 7.24. The van der Waals surface area contributed by atoms with Crippen molar-refractivity contribution in [2.45, 2.75) is 32.6 Å². The van der Waals surface area contributed by atoms with E-state index in [2.05, 4.69) is 12.2 Å². The number of carbonyl (C=O) groups excluding carboxylic acids is 1. The van der Waals surface area contributed by atoms with Crippen LogP contribution in [0.2, 0.25) is 0 Å². The Morgan fingerprint density at radius 1 is 1.47 bits per heavy atom. The van der Waals surface area contributed by atoms with Crippen LogP contribution in [0.1, 0.15) is 32.6 Å². The molecule has 0 fully saturated rings. The predicted octanol–water partition coefficient (Wildman–Crippen LogP) is 0.938. The molecule has 0 aliphatic rings. The van der Waals surface area contributed by atoms with Gasteiger partial charge in [0.05, 0.1) is 6.61 Å². The zero-order chi connectivity index (χ0) is 11.5. The fourth-order valence-electron chi connectivity index (χ4n) is 1.48. The van der Waals surface area contributed by atoms with Crippen molar-refractivity contribution in [3.8, 4) is 0 Å². The SMILES string of the molecule is CCCC(CCO)CNC(=O)CCOC. The average Bonchev–Trinajstić information content (AvgIpc) is 2.23. The minimum Gasteiger partial charge on any atom is -0.396 e. The lowest BCUT2D eigenvalue weighted by molar-refractivity contribution is -0.122. The lowest BCUT2D eigenvalue weighted by Gasteiger charge is -2.15. The topological polar surface area (TPSA) is 58.6 Å². The molecule has 0 spiro atoms. The molecule has 90 valence electrons. The molecule has 0 aromatic heterocycles. The van der Waals surface area contributed by atoms with E-state index in [0.29, 0.717) is 25.5 Å². The van der Waals surface area contributed by atoms with E-state index in [0.717, 1.165) is 19.3 Å². The van der Waals surface area contributed by atoms with Gasteiger partial charge in [-0.15, -0.1) is 0 Å². The lowest BCUT2D eigenvalue weighted by Crippen LogP contribution is -2.30. The number of nitrogens with one attached hydrogen (secondary N) is 1. The number of hydrogen-bond acceptors (Lipinski definition) is 3. The van der Waals surface area contributed by atoms with E-state index in [1.807, 2.05) is 0 Å². The zero-order valence-electron chi connectivity index (χ0n) is 9.79. The number of hydrogen-bond donors (Lipinski definition) is 2. The van der Waals surface area contributed by atoms with Crippen LogP contribution in [0.5, 0.6) is 0 Å². The van der Waals surface area contributed by atoms with Crippen molar-refractivity contribution in [1.82, 2.24) is 5.32 Å². The normalized spacial score (nSPS) is 12.5. The summed E-state index contributed by atoms with van der Waals surface area (Å²) in [6.45, 7) is 3.43. The Morgan fingerprint density at radius 3 is 2.73 bits per heavy atom. The van der Waals surface area contributed by atoms with Crippen molar-refractivity contribution < 1.29 is 14.6 Å². The monoisotopic (exact) mass is 217 g/mol. The molecule has 0 rings (SSSR count). The summed E-state index contributed by atoms with van der Waals surface area (Å²) in [5, 5.41) is 11.7. The third-order valence-corrected chi connectivity index (χ3v) is 2.36. The maximum atomic E-state index is 11.3. The summed E-state index contributed by atoms with van der Waals surface area (Å²) in [7, 11) is 1.58. The summed E-state index contributed by atoms with van der Waals surface area (Å²) >= 11 is 0. The quantitative estimate of drug-likeness (QED) is 0.604. The molecule has 0 aliphatic heterocycles. The highest BCUT2D eigenvalue weighted by molar-refractivity contribution is 5.75. The Labute approximate surface area is 92.0 Å². The smallest absolute Gasteiger partial charge is 0.222 e. The summed E-state index contributed by atoms with van der Waals surface area (Å²) in [5.74, 6) is 0.419. The van der Waals surface area contributed by atoms with Gasteiger partial charge in [0.2, 0.25) is 5.91 Å². The van der Waals surface area contributed by atoms with Gasteiger partial charge >= 0.3 is 0 Å². The van der Waals surface area contributed by atoms with Gasteiger partial charge in [-0.1, -0.05) is 13.3 Å². The summed E-state index contributed by atoms with van der Waals surface area (Å²) in [4.78, 5) is 11.3. The third-order valence-electron chi connectivity index (χ3n) is 2.36. The Morgan fingerprint density at radius 2 is 2.20 bits per heavy atom. The van der Waals surface area contributed by atoms with Gasteiger partial charge in [0.15, 0.2) is 0 Å². The third kappa shape index (κ3) is 8.39. The maximum Gasteiger partial charge on any atom is 0.222 e. The highest BCUT2D eigenvalue weighted by Gasteiger charge is 2.08. The molecule has 0 radical (unpaired) electrons. The van der Waals surface area contributed by atoms with Crippen molar-refractivity contribution in [3.63, 3.8) is 0 Å². The van der Waals surface area contributed by atoms with Gasteiger partial charge in [-0.2, -0.15) is 0 Å². The largest absolute Gasteiger partial charge is 0.396 e. The Hall–Kier alpha value is -0.610. The molecular formula is C11H23NO3. The van der Waals surface area contributed by atoms with Gasteiger partial charge in [-0.25, -0.2) is 0 Å². The van der Waals surface area contributed by atoms with Crippen LogP contribution in [0.25, 0.3) is 0 Å². The second-order valence-corrected chi connectivity index (χ2v) is 3.71. The minimum atomic E-state index is 0.0240. The molecule has 1 atom stereocenters. The van der Waals surface area contributed by atoms with Gasteiger partial charge in [0.1, 0.15) is 0 Å². The van der Waals surface area contributed by atoms with Crippen LogP contribution in [0.15, 0.2) is 0 Å². The van der Waals surface area contributed by atoms with E-state index in [1.54, 1.807) is 7.11 Å². The highest BCUT2D eigenvalue weighted by Crippen LogP contribution is 2.09. The first-order valence-electron chi connectivity index (χ1n) is 5.61. The van der Waals surface area contributed by atoms with Gasteiger partial charge in [-0.05, 0) is 18.8 Å². The van der Waals surface area contributed by atoms with Crippen LogP contribution in [0.4, 0.5) is 0 Å². The highest BCUT2D eigenvalue weighted by atomic mass is 16.5. The van der Waals surface area contributed by atoms with E-state index in [1.165, 1.54) is 0 Å². The molecule has 0 aliphatic carbocycles. The van der Waals surface area contributed by atoms with E-state index in [9.17, 15) is 4.79 Å². The van der Waals surface area contributed by atoms with Crippen LogP contribution < -0.4 is 5.32 Å². The van der Waals surface area contributed by atoms with E-state index >= 15 is 0 Å². The lowest BCUT2D eigenvalue weighted by atomic mass is 10.0. The summed E-state index contributed by atoms with van der Waals surface area (Å²) < 4.78 is 4.81. The average molecular weight is 217 g/mol. The van der Waals surface area contributed by atoms with Crippen molar-refractivity contribution in [2.24, 2.45) is 5.92 Å². The fraction of sp³-hybridized carbons (Fsp3) is 0.909. The second-order valence-electron chi connectivity index (χ2n) is 3.71. The van der Waals surface area contributed by atoms with Crippen LogP contribution in [0.3, 0.4) is 0 Å². The first-order valence-corrected chi connectivity index (χ1v) is 5.61. The number of amides is 1. The molecule has 0 saturated heterocycles. The second kappa shape index (κ2) is 9.93.